The number of Topliss-reactive ketones (excluding diaryl/α,β-unsaturated/α-hetero) is 1. The topological polar surface area (TPSA) is 76.1 Å². The molecule has 6 nitrogen and oxygen atoms in total. The van der Waals surface area contributed by atoms with E-state index in [1.54, 1.807) is 55.6 Å². The Bertz CT molecular complexity index is 1310. The number of phenolic OH excluding ortho intramolecular Hbond substituents is 1. The van der Waals surface area contributed by atoms with E-state index in [1.165, 1.54) is 0 Å². The molecule has 0 bridgehead atoms. The molecule has 0 saturated carbocycles. The van der Waals surface area contributed by atoms with Crippen LogP contribution in [0.4, 0.5) is 5.69 Å². The average Bonchev–Trinajstić information content (AvgIpc) is 3.07. The third-order valence-electron chi connectivity index (χ3n) is 6.23. The number of ketones is 1. The van der Waals surface area contributed by atoms with Crippen LogP contribution in [0.15, 0.2) is 72.8 Å². The molecule has 2 heterocycles. The van der Waals surface area contributed by atoms with Gasteiger partial charge in [-0.05, 0) is 65.6 Å². The van der Waals surface area contributed by atoms with Crippen molar-refractivity contribution in [3.05, 3.63) is 89.5 Å². The number of ether oxygens (including phenoxy) is 2. The summed E-state index contributed by atoms with van der Waals surface area (Å²) in [7, 11) is 1.59. The number of carbonyl (C=O) groups is 2. The minimum absolute atomic E-state index is 0.0702. The molecular weight excluding hydrogens is 432 g/mol. The van der Waals surface area contributed by atoms with Gasteiger partial charge in [-0.2, -0.15) is 0 Å². The smallest absolute Gasteiger partial charge is 0.342 e. The number of hydrogen-bond donors (Lipinski definition) is 1. The number of esters is 1. The standard InChI is InChI=1S/C28H25NO5/c1-17(2)16-28-26(31)24(18-10-14-21(33-3)15-11-18)25(19-8-12-20(30)13-9-19)29(28)23-7-5-4-6-22(23)27(32)34-28/h4-15,17,30H,16H2,1-3H3/i25+1,29+1. The minimum atomic E-state index is -1.50. The van der Waals surface area contributed by atoms with Crippen LogP contribution in [0.5, 0.6) is 11.5 Å². The molecule has 1 unspecified atom stereocenters. The summed E-state index contributed by atoms with van der Waals surface area (Å²) in [6.07, 6.45) is 0.327. The first-order valence-corrected chi connectivity index (χ1v) is 11.2. The largest absolute Gasteiger partial charge is 0.508 e. The maximum Gasteiger partial charge on any atom is 0.342 e. The Morgan fingerprint density at radius 1 is 0.941 bits per heavy atom. The lowest BCUT2D eigenvalue weighted by molar-refractivity contribution is -0.132. The molecule has 0 spiro atoms. The fourth-order valence-electron chi connectivity index (χ4n) is 4.85. The van der Waals surface area contributed by atoms with E-state index in [-0.39, 0.29) is 17.5 Å². The molecule has 2 aliphatic heterocycles. The van der Waals surface area contributed by atoms with Crippen LogP contribution >= 0.6 is 0 Å². The van der Waals surface area contributed by atoms with Crippen molar-refractivity contribution in [2.75, 3.05) is 12.0 Å². The van der Waals surface area contributed by atoms with Gasteiger partial charge in [-0.3, -0.25) is 9.69 Å². The Balaban J connectivity index is 1.84. The number of fused-ring (bicyclic) bond motifs is 3. The zero-order chi connectivity index (χ0) is 24.0. The fourth-order valence-corrected chi connectivity index (χ4v) is 4.85. The van der Waals surface area contributed by atoms with Crippen molar-refractivity contribution in [3.8, 4) is 11.5 Å². The lowest BCUT2D eigenvalue weighted by atomic mass is 9.92. The van der Waals surface area contributed by atoms with Crippen molar-refractivity contribution >= 4 is 28.7 Å². The van der Waals surface area contributed by atoms with Crippen LogP contribution in [-0.2, 0) is 9.53 Å². The van der Waals surface area contributed by atoms with E-state index < -0.39 is 11.7 Å². The second-order valence-electron chi connectivity index (χ2n) is 8.95. The number of benzene rings is 3. The number of phenols is 1. The molecule has 0 fully saturated rings. The number of aromatic hydroxyl groups is 1. The lowest BCUT2D eigenvalue weighted by Gasteiger charge is -2.44. The van der Waals surface area contributed by atoms with Gasteiger partial charge in [0.2, 0.25) is 5.78 Å². The van der Waals surface area contributed by atoms with Crippen molar-refractivity contribution in [1.29, 1.82) is 0 Å². The van der Waals surface area contributed by atoms with Gasteiger partial charge in [-0.25, -0.2) is 4.79 Å². The number of nitrogens with zero attached hydrogens (tertiary/aromatic N) is 1. The zero-order valence-corrected chi connectivity index (χ0v) is 19.2. The SMILES string of the molecule is COc1ccc(C2=[13C](c3ccc(O)cc3)[15N]3c4ccccc4C(=O)OC3(CC(C)C)C2=O)cc1. The molecule has 2 aliphatic rings. The molecule has 1 atom stereocenters. The number of carbonyl (C=O) groups excluding carboxylic acids is 2. The van der Waals surface area contributed by atoms with Gasteiger partial charge < -0.3 is 14.6 Å². The van der Waals surface area contributed by atoms with Crippen LogP contribution in [0.1, 0.15) is 41.8 Å². The van der Waals surface area contributed by atoms with Crippen molar-refractivity contribution in [3.63, 3.8) is 0 Å². The Labute approximate surface area is 198 Å². The first-order chi connectivity index (χ1) is 16.4. The highest BCUT2D eigenvalue weighted by Crippen LogP contribution is 2.53. The van der Waals surface area contributed by atoms with Crippen LogP contribution in [0, 0.1) is 5.92 Å². The molecular formula is C28H25NO5. The minimum Gasteiger partial charge on any atom is -0.508 e. The number of anilines is 1. The molecule has 0 aromatic heterocycles. The summed E-state index contributed by atoms with van der Waals surface area (Å²) in [6, 6.07) is 21.2. The maximum atomic E-state index is 14.3. The predicted octanol–water partition coefficient (Wildman–Crippen LogP) is 5.27. The predicted molar refractivity (Wildman–Crippen MR) is 129 cm³/mol. The summed E-state index contributed by atoms with van der Waals surface area (Å²) < 4.78 is 11.3. The molecule has 0 radical (unpaired) electrons. The van der Waals surface area contributed by atoms with Crippen LogP contribution < -0.4 is 9.64 Å². The number of hydrogen-bond acceptors (Lipinski definition) is 6. The van der Waals surface area contributed by atoms with E-state index in [2.05, 4.69) is 0 Å². The van der Waals surface area contributed by atoms with Gasteiger partial charge in [0.1, 0.15) is 11.5 Å². The third-order valence-corrected chi connectivity index (χ3v) is 6.23. The van der Waals surface area contributed by atoms with E-state index in [9.17, 15) is 14.7 Å². The molecule has 1 N–H and O–H groups in total. The van der Waals surface area contributed by atoms with E-state index in [0.717, 1.165) is 5.56 Å². The Hall–Kier alpha value is -4.06. The maximum absolute atomic E-state index is 14.3. The fraction of sp³-hybridized carbons (Fsp3) is 0.214. The lowest BCUT2D eigenvalue weighted by Crippen LogP contribution is -2.56. The van der Waals surface area contributed by atoms with Gasteiger partial charge >= 0.3 is 5.97 Å². The molecule has 172 valence electrons. The van der Waals surface area contributed by atoms with Gasteiger partial charge in [0.05, 0.1) is 29.6 Å². The van der Waals surface area contributed by atoms with Crippen LogP contribution in [-0.4, -0.2) is 29.7 Å². The van der Waals surface area contributed by atoms with Gasteiger partial charge in [0.25, 0.3) is 5.72 Å². The van der Waals surface area contributed by atoms with Gasteiger partial charge in [0.15, 0.2) is 0 Å². The molecule has 3 aromatic rings. The van der Waals surface area contributed by atoms with Gasteiger partial charge in [0, 0.05) is 6.42 Å². The van der Waals surface area contributed by atoms with Crippen LogP contribution in [0.2, 0.25) is 0 Å². The Kier molecular flexibility index (Phi) is 5.16. The first-order valence-electron chi connectivity index (χ1n) is 11.2. The number of rotatable bonds is 5. The van der Waals surface area contributed by atoms with Crippen molar-refractivity contribution in [1.82, 2.24) is 0 Å². The summed E-state index contributed by atoms with van der Waals surface area (Å²) in [5.41, 5.74) is 2.05. The molecule has 34 heavy (non-hydrogen) atoms. The summed E-state index contributed by atoms with van der Waals surface area (Å²) in [4.78, 5) is 29.3. The van der Waals surface area contributed by atoms with Gasteiger partial charge in [-0.1, -0.05) is 38.1 Å². The zero-order valence-electron chi connectivity index (χ0n) is 19.2. The molecule has 0 aliphatic carbocycles. The molecule has 5 rings (SSSR count). The number of methoxy groups -OCH3 is 1. The number of para-hydroxylation sites is 1. The molecule has 0 saturated heterocycles. The second-order valence-corrected chi connectivity index (χ2v) is 8.95. The second kappa shape index (κ2) is 8.06. The van der Waals surface area contributed by atoms with E-state index in [1.807, 2.05) is 43.0 Å². The van der Waals surface area contributed by atoms with Crippen LogP contribution in [0.25, 0.3) is 11.3 Å². The van der Waals surface area contributed by atoms with Crippen LogP contribution in [0.3, 0.4) is 0 Å². The summed E-state index contributed by atoms with van der Waals surface area (Å²) >= 11 is 0. The Morgan fingerprint density at radius 2 is 1.59 bits per heavy atom. The van der Waals surface area contributed by atoms with Crippen molar-refractivity contribution in [2.24, 2.45) is 5.92 Å². The van der Waals surface area contributed by atoms with E-state index in [4.69, 9.17) is 9.47 Å². The van der Waals surface area contributed by atoms with E-state index in [0.29, 0.717) is 40.3 Å². The monoisotopic (exact) mass is 457 g/mol. The normalized spacial score (nSPS) is 19.2. The van der Waals surface area contributed by atoms with Gasteiger partial charge in [-0.15, -0.1) is 0 Å². The Morgan fingerprint density at radius 3 is 2.24 bits per heavy atom. The highest BCUT2D eigenvalue weighted by Gasteiger charge is 2.60. The third kappa shape index (κ3) is 3.25. The van der Waals surface area contributed by atoms with Crippen molar-refractivity contribution < 1.29 is 24.2 Å². The van der Waals surface area contributed by atoms with E-state index >= 15 is 0 Å². The summed E-state index contributed by atoms with van der Waals surface area (Å²) in [5.74, 6) is 0.0888. The first kappa shape index (κ1) is 21.8. The highest BCUT2D eigenvalue weighted by molar-refractivity contribution is 6.38. The average molecular weight is 457 g/mol. The molecule has 0 amide bonds. The molecule has 3 aromatic carbocycles. The highest BCUT2D eigenvalue weighted by atomic mass is 16.6. The van der Waals surface area contributed by atoms with Crippen molar-refractivity contribution in [2.45, 2.75) is 26.0 Å². The molecule has 6 heteroatoms. The summed E-state index contributed by atoms with van der Waals surface area (Å²) in [5, 5.41) is 9.91. The summed E-state index contributed by atoms with van der Waals surface area (Å²) in [6.45, 7) is 4.00. The quantitative estimate of drug-likeness (QED) is 0.320.